The van der Waals surface area contributed by atoms with Gasteiger partial charge in [0.25, 0.3) is 0 Å². The normalized spacial score (nSPS) is 10.5. The molecule has 0 aliphatic heterocycles. The zero-order valence-electron chi connectivity index (χ0n) is 10.5. The van der Waals surface area contributed by atoms with Gasteiger partial charge in [0.1, 0.15) is 5.75 Å². The van der Waals surface area contributed by atoms with Crippen LogP contribution in [0.4, 0.5) is 0 Å². The van der Waals surface area contributed by atoms with Gasteiger partial charge in [0.05, 0.1) is 6.61 Å². The second-order valence-electron chi connectivity index (χ2n) is 4.11. The first-order valence-corrected chi connectivity index (χ1v) is 7.50. The summed E-state index contributed by atoms with van der Waals surface area (Å²) in [5, 5.41) is 3.44. The van der Waals surface area contributed by atoms with E-state index in [2.05, 4.69) is 47.0 Å². The standard InChI is InChI=1S/C14H22INO/c1-2-3-10-16-11-4-5-12-17-14-8-6-13(15)7-9-14/h6-9,16H,2-5,10-12H2,1H3. The summed E-state index contributed by atoms with van der Waals surface area (Å²) in [6.07, 6.45) is 4.85. The molecule has 0 fully saturated rings. The van der Waals surface area contributed by atoms with Crippen molar-refractivity contribution in [3.05, 3.63) is 27.8 Å². The summed E-state index contributed by atoms with van der Waals surface area (Å²) < 4.78 is 6.90. The predicted molar refractivity (Wildman–Crippen MR) is 81.7 cm³/mol. The molecule has 1 aromatic carbocycles. The van der Waals surface area contributed by atoms with E-state index in [1.807, 2.05) is 12.1 Å². The van der Waals surface area contributed by atoms with E-state index in [9.17, 15) is 0 Å². The molecule has 2 nitrogen and oxygen atoms in total. The molecule has 0 aliphatic rings. The van der Waals surface area contributed by atoms with Crippen LogP contribution in [0, 0.1) is 3.57 Å². The van der Waals surface area contributed by atoms with Crippen LogP contribution in [0.1, 0.15) is 32.6 Å². The SMILES string of the molecule is CCCCNCCCCOc1ccc(I)cc1. The van der Waals surface area contributed by atoms with Crippen molar-refractivity contribution in [2.75, 3.05) is 19.7 Å². The van der Waals surface area contributed by atoms with Crippen LogP contribution in [0.5, 0.6) is 5.75 Å². The zero-order valence-corrected chi connectivity index (χ0v) is 12.7. The highest BCUT2D eigenvalue weighted by Crippen LogP contribution is 2.13. The van der Waals surface area contributed by atoms with Crippen LogP contribution in [-0.2, 0) is 0 Å². The number of nitrogens with one attached hydrogen (secondary N) is 1. The minimum absolute atomic E-state index is 0.816. The maximum Gasteiger partial charge on any atom is 0.119 e. The van der Waals surface area contributed by atoms with Crippen LogP contribution >= 0.6 is 22.6 Å². The van der Waals surface area contributed by atoms with E-state index in [1.165, 1.54) is 22.8 Å². The molecule has 0 radical (unpaired) electrons. The summed E-state index contributed by atoms with van der Waals surface area (Å²) in [5.41, 5.74) is 0. The molecule has 17 heavy (non-hydrogen) atoms. The maximum absolute atomic E-state index is 5.66. The molecule has 96 valence electrons. The Morgan fingerprint density at radius 3 is 2.47 bits per heavy atom. The first kappa shape index (κ1) is 14.8. The Morgan fingerprint density at radius 1 is 1.06 bits per heavy atom. The second-order valence-corrected chi connectivity index (χ2v) is 5.36. The van der Waals surface area contributed by atoms with Crippen molar-refractivity contribution in [1.29, 1.82) is 0 Å². The van der Waals surface area contributed by atoms with Crippen LogP contribution in [0.15, 0.2) is 24.3 Å². The largest absolute Gasteiger partial charge is 0.494 e. The summed E-state index contributed by atoms with van der Waals surface area (Å²) in [7, 11) is 0. The van der Waals surface area contributed by atoms with Gasteiger partial charge in [0.15, 0.2) is 0 Å². The Morgan fingerprint density at radius 2 is 1.76 bits per heavy atom. The van der Waals surface area contributed by atoms with E-state index in [0.29, 0.717) is 0 Å². The van der Waals surface area contributed by atoms with Gasteiger partial charge < -0.3 is 10.1 Å². The monoisotopic (exact) mass is 347 g/mol. The van der Waals surface area contributed by atoms with Gasteiger partial charge in [-0.05, 0) is 79.2 Å². The van der Waals surface area contributed by atoms with E-state index >= 15 is 0 Å². The highest BCUT2D eigenvalue weighted by Gasteiger charge is 1.94. The van der Waals surface area contributed by atoms with Crippen molar-refractivity contribution in [3.8, 4) is 5.75 Å². The number of ether oxygens (including phenoxy) is 1. The van der Waals surface area contributed by atoms with E-state index in [4.69, 9.17) is 4.74 Å². The van der Waals surface area contributed by atoms with Gasteiger partial charge in [-0.3, -0.25) is 0 Å². The van der Waals surface area contributed by atoms with Crippen LogP contribution in [-0.4, -0.2) is 19.7 Å². The molecular formula is C14H22INO. The molecule has 0 atom stereocenters. The third kappa shape index (κ3) is 7.60. The Labute approximate surface area is 118 Å². The van der Waals surface area contributed by atoms with Crippen LogP contribution in [0.25, 0.3) is 0 Å². The fourth-order valence-electron chi connectivity index (χ4n) is 1.50. The number of halogens is 1. The summed E-state index contributed by atoms with van der Waals surface area (Å²) in [6, 6.07) is 8.20. The van der Waals surface area contributed by atoms with Crippen molar-refractivity contribution < 1.29 is 4.74 Å². The molecule has 1 rings (SSSR count). The first-order chi connectivity index (χ1) is 8.33. The quantitative estimate of drug-likeness (QED) is 0.541. The van der Waals surface area contributed by atoms with Gasteiger partial charge in [-0.25, -0.2) is 0 Å². The Kier molecular flexibility index (Phi) is 8.44. The number of unbranched alkanes of at least 4 members (excludes halogenated alkanes) is 2. The van der Waals surface area contributed by atoms with E-state index < -0.39 is 0 Å². The lowest BCUT2D eigenvalue weighted by Gasteiger charge is -2.06. The third-order valence-electron chi connectivity index (χ3n) is 2.54. The number of benzene rings is 1. The number of rotatable bonds is 9. The number of hydrogen-bond acceptors (Lipinski definition) is 2. The van der Waals surface area contributed by atoms with Crippen LogP contribution < -0.4 is 10.1 Å². The van der Waals surface area contributed by atoms with Crippen LogP contribution in [0.3, 0.4) is 0 Å². The fourth-order valence-corrected chi connectivity index (χ4v) is 1.86. The average molecular weight is 347 g/mol. The van der Waals surface area contributed by atoms with Gasteiger partial charge in [-0.1, -0.05) is 13.3 Å². The van der Waals surface area contributed by atoms with Gasteiger partial charge in [-0.2, -0.15) is 0 Å². The lowest BCUT2D eigenvalue weighted by molar-refractivity contribution is 0.306. The summed E-state index contributed by atoms with van der Waals surface area (Å²) >= 11 is 2.30. The Hall–Kier alpha value is -0.290. The second kappa shape index (κ2) is 9.71. The molecule has 0 aromatic heterocycles. The lowest BCUT2D eigenvalue weighted by Crippen LogP contribution is -2.17. The molecule has 0 saturated heterocycles. The molecule has 0 unspecified atom stereocenters. The van der Waals surface area contributed by atoms with Gasteiger partial charge in [-0.15, -0.1) is 0 Å². The molecule has 0 bridgehead atoms. The van der Waals surface area contributed by atoms with Crippen molar-refractivity contribution in [2.45, 2.75) is 32.6 Å². The Balaban J connectivity index is 1.95. The molecule has 3 heteroatoms. The van der Waals surface area contributed by atoms with Gasteiger partial charge >= 0.3 is 0 Å². The van der Waals surface area contributed by atoms with Gasteiger partial charge in [0, 0.05) is 3.57 Å². The topological polar surface area (TPSA) is 21.3 Å². The van der Waals surface area contributed by atoms with Crippen molar-refractivity contribution in [3.63, 3.8) is 0 Å². The van der Waals surface area contributed by atoms with Crippen molar-refractivity contribution in [1.82, 2.24) is 5.32 Å². The number of hydrogen-bond donors (Lipinski definition) is 1. The molecule has 0 spiro atoms. The molecule has 1 aromatic rings. The van der Waals surface area contributed by atoms with Crippen molar-refractivity contribution in [2.24, 2.45) is 0 Å². The van der Waals surface area contributed by atoms with Crippen LogP contribution in [0.2, 0.25) is 0 Å². The van der Waals surface area contributed by atoms with E-state index in [0.717, 1.165) is 31.9 Å². The van der Waals surface area contributed by atoms with E-state index in [1.54, 1.807) is 0 Å². The highest BCUT2D eigenvalue weighted by atomic mass is 127. The summed E-state index contributed by atoms with van der Waals surface area (Å²) in [4.78, 5) is 0. The summed E-state index contributed by atoms with van der Waals surface area (Å²) in [5.74, 6) is 0.976. The predicted octanol–water partition coefficient (Wildman–Crippen LogP) is 3.84. The first-order valence-electron chi connectivity index (χ1n) is 6.42. The minimum atomic E-state index is 0.816. The zero-order chi connectivity index (χ0) is 12.3. The minimum Gasteiger partial charge on any atom is -0.494 e. The smallest absolute Gasteiger partial charge is 0.119 e. The van der Waals surface area contributed by atoms with E-state index in [-0.39, 0.29) is 0 Å². The maximum atomic E-state index is 5.66. The molecule has 0 aliphatic carbocycles. The molecule has 1 N–H and O–H groups in total. The lowest BCUT2D eigenvalue weighted by atomic mass is 10.3. The van der Waals surface area contributed by atoms with Crippen molar-refractivity contribution >= 4 is 22.6 Å². The average Bonchev–Trinajstić information content (AvgIpc) is 2.35. The van der Waals surface area contributed by atoms with Gasteiger partial charge in [0.2, 0.25) is 0 Å². The summed E-state index contributed by atoms with van der Waals surface area (Å²) in [6.45, 7) is 5.29. The molecule has 0 heterocycles. The highest BCUT2D eigenvalue weighted by molar-refractivity contribution is 14.1. The molecular weight excluding hydrogens is 325 g/mol. The Bertz CT molecular complexity index is 287. The molecule has 0 saturated carbocycles. The third-order valence-corrected chi connectivity index (χ3v) is 3.26. The fraction of sp³-hybridized carbons (Fsp3) is 0.571. The molecule has 0 amide bonds.